The van der Waals surface area contributed by atoms with Crippen LogP contribution < -0.4 is 25.4 Å². The van der Waals surface area contributed by atoms with E-state index in [0.29, 0.717) is 42.9 Å². The number of hydrogen-bond donors (Lipinski definition) is 4. The Morgan fingerprint density at radius 2 is 1.83 bits per heavy atom. The van der Waals surface area contributed by atoms with Crippen LogP contribution in [-0.4, -0.2) is 103 Å². The fourth-order valence-electron chi connectivity index (χ4n) is 6.09. The first kappa shape index (κ1) is 39.6. The quantitative estimate of drug-likeness (QED) is 0.236. The Bertz CT molecular complexity index is 1960. The number of amides is 4. The maximum atomic E-state index is 15.4. The summed E-state index contributed by atoms with van der Waals surface area (Å²) in [5.41, 5.74) is 1.61. The van der Waals surface area contributed by atoms with Gasteiger partial charge in [-0.1, -0.05) is 19.1 Å². The molecule has 3 aromatic heterocycles. The van der Waals surface area contributed by atoms with E-state index in [1.54, 1.807) is 29.1 Å². The van der Waals surface area contributed by atoms with Crippen molar-refractivity contribution in [3.8, 4) is 11.5 Å². The van der Waals surface area contributed by atoms with Crippen LogP contribution in [0.25, 0.3) is 5.65 Å². The van der Waals surface area contributed by atoms with Crippen molar-refractivity contribution in [2.45, 2.75) is 84.7 Å². The van der Waals surface area contributed by atoms with Gasteiger partial charge in [0, 0.05) is 37.9 Å². The first-order chi connectivity index (χ1) is 25.8. The lowest BCUT2D eigenvalue weighted by atomic mass is 10.0. The fraction of sp³-hybridized carbons (Fsp3) is 0.486. The fourth-order valence-corrected chi connectivity index (χ4v) is 6.09. The second kappa shape index (κ2) is 18.0. The Morgan fingerprint density at radius 3 is 2.57 bits per heavy atom. The minimum absolute atomic E-state index is 0.000143. The van der Waals surface area contributed by atoms with E-state index in [2.05, 4.69) is 31.2 Å². The monoisotopic (exact) mass is 749 g/mol. The number of hydrogen-bond acceptors (Lipinski definition) is 10. The summed E-state index contributed by atoms with van der Waals surface area (Å²) in [4.78, 5) is 59.7. The second-order valence-electron chi connectivity index (χ2n) is 13.8. The largest absolute Gasteiger partial charge is 0.493 e. The topological polar surface area (TPSA) is 194 Å². The molecule has 290 valence electrons. The van der Waals surface area contributed by atoms with Gasteiger partial charge in [0.15, 0.2) is 17.2 Å². The first-order valence-corrected chi connectivity index (χ1v) is 18.0. The molecule has 4 aromatic rings. The molecule has 0 spiro atoms. The highest BCUT2D eigenvalue weighted by atomic mass is 19.1. The number of carbonyl (C=O) groups excluding carboxylic acids is 4. The third-order valence-corrected chi connectivity index (χ3v) is 8.96. The van der Waals surface area contributed by atoms with Crippen LogP contribution in [0.1, 0.15) is 78.6 Å². The summed E-state index contributed by atoms with van der Waals surface area (Å²) in [6.45, 7) is 8.09. The number of ether oxygens (including phenoxy) is 2. The van der Waals surface area contributed by atoms with Crippen molar-refractivity contribution in [1.29, 1.82) is 0 Å². The van der Waals surface area contributed by atoms with E-state index in [-0.39, 0.29) is 55.6 Å². The van der Waals surface area contributed by atoms with E-state index >= 15 is 4.39 Å². The molecule has 1 aromatic carbocycles. The van der Waals surface area contributed by atoms with E-state index < -0.39 is 47.8 Å². The molecule has 4 amide bonds. The lowest BCUT2D eigenvalue weighted by Gasteiger charge is -2.26. The van der Waals surface area contributed by atoms with Crippen LogP contribution in [0.15, 0.2) is 42.7 Å². The van der Waals surface area contributed by atoms with Crippen LogP contribution in [-0.2, 0) is 22.7 Å². The molecule has 0 aliphatic carbocycles. The SMILES string of the molecule is COc1ccc2cc1OCc1cn(nn1)CCCN(C(=O)c1nc3cc(C)ccn3c1F)CCCCNC(=O)[C@H]([C@@H](C)O)NC(=O)[C@@H](CC(C)C)NC2=O. The maximum Gasteiger partial charge on any atom is 0.277 e. The Labute approximate surface area is 312 Å². The highest BCUT2D eigenvalue weighted by Crippen LogP contribution is 2.29. The van der Waals surface area contributed by atoms with Crippen molar-refractivity contribution in [2.75, 3.05) is 26.7 Å². The van der Waals surface area contributed by atoms with Crippen LogP contribution in [0.2, 0.25) is 0 Å². The number of aliphatic hydroxyl groups excluding tert-OH is 1. The number of nitrogens with zero attached hydrogens (tertiary/aromatic N) is 6. The first-order valence-electron chi connectivity index (χ1n) is 18.0. The smallest absolute Gasteiger partial charge is 0.277 e. The van der Waals surface area contributed by atoms with Crippen molar-refractivity contribution in [3.05, 3.63) is 71.2 Å². The van der Waals surface area contributed by atoms with Crippen molar-refractivity contribution < 1.29 is 38.1 Å². The number of nitrogens with one attached hydrogen (secondary N) is 3. The van der Waals surface area contributed by atoms with Crippen LogP contribution in [0, 0.1) is 18.8 Å². The number of aryl methyl sites for hydroxylation is 2. The number of methoxy groups -OCH3 is 1. The summed E-state index contributed by atoms with van der Waals surface area (Å²) < 4.78 is 29.7. The summed E-state index contributed by atoms with van der Waals surface area (Å²) in [7, 11) is 1.47. The Kier molecular flexibility index (Phi) is 13.2. The normalized spacial score (nSPS) is 19.0. The third kappa shape index (κ3) is 9.89. The summed E-state index contributed by atoms with van der Waals surface area (Å²) >= 11 is 0. The number of rotatable bonds is 5. The van der Waals surface area contributed by atoms with Crippen LogP contribution in [0.5, 0.6) is 11.5 Å². The van der Waals surface area contributed by atoms with Gasteiger partial charge in [-0.3, -0.25) is 28.3 Å². The molecular formula is C37H48FN9O7. The van der Waals surface area contributed by atoms with Gasteiger partial charge in [-0.25, -0.2) is 4.98 Å². The molecule has 0 fully saturated rings. The number of aromatic nitrogens is 5. The minimum Gasteiger partial charge on any atom is -0.493 e. The number of carbonyl (C=O) groups is 4. The van der Waals surface area contributed by atoms with Crippen LogP contribution >= 0.6 is 0 Å². The van der Waals surface area contributed by atoms with Gasteiger partial charge >= 0.3 is 0 Å². The van der Waals surface area contributed by atoms with Crippen LogP contribution in [0.4, 0.5) is 4.39 Å². The number of fused-ring (bicyclic) bond motifs is 5. The van der Waals surface area contributed by atoms with Gasteiger partial charge in [0.25, 0.3) is 11.8 Å². The molecule has 54 heavy (non-hydrogen) atoms. The molecule has 0 unspecified atom stereocenters. The molecule has 17 heteroatoms. The Hall–Kier alpha value is -5.58. The Balaban J connectivity index is 1.39. The van der Waals surface area contributed by atoms with Crippen molar-refractivity contribution in [3.63, 3.8) is 0 Å². The van der Waals surface area contributed by atoms with Crippen molar-refractivity contribution in [2.24, 2.45) is 5.92 Å². The molecule has 0 saturated heterocycles. The van der Waals surface area contributed by atoms with E-state index in [9.17, 15) is 24.3 Å². The molecule has 4 bridgehead atoms. The molecule has 3 atom stereocenters. The van der Waals surface area contributed by atoms with Gasteiger partial charge in [0.2, 0.25) is 17.8 Å². The van der Waals surface area contributed by atoms with Gasteiger partial charge in [0.05, 0.1) is 19.4 Å². The summed E-state index contributed by atoms with van der Waals surface area (Å²) in [5, 5.41) is 27.0. The predicted molar refractivity (Wildman–Crippen MR) is 194 cm³/mol. The molecule has 5 rings (SSSR count). The predicted octanol–water partition coefficient (Wildman–Crippen LogP) is 2.41. The van der Waals surface area contributed by atoms with E-state index in [1.807, 2.05) is 20.8 Å². The minimum atomic E-state index is -1.30. The molecule has 1 aliphatic rings. The third-order valence-electron chi connectivity index (χ3n) is 8.96. The molecule has 16 nitrogen and oxygen atoms in total. The van der Waals surface area contributed by atoms with Gasteiger partial charge in [-0.2, -0.15) is 4.39 Å². The van der Waals surface area contributed by atoms with Gasteiger partial charge in [-0.05, 0) is 81.3 Å². The van der Waals surface area contributed by atoms with E-state index in [1.165, 1.54) is 41.7 Å². The average Bonchev–Trinajstić information content (AvgIpc) is 3.73. The zero-order chi connectivity index (χ0) is 38.9. The highest BCUT2D eigenvalue weighted by Gasteiger charge is 2.31. The van der Waals surface area contributed by atoms with Gasteiger partial charge in [0.1, 0.15) is 30.0 Å². The van der Waals surface area contributed by atoms with E-state index in [0.717, 1.165) is 5.56 Å². The molecule has 4 N–H and O–H groups in total. The zero-order valence-corrected chi connectivity index (χ0v) is 31.2. The molecule has 0 saturated carbocycles. The number of aliphatic hydroxyl groups is 1. The standard InChI is InChI=1S/C37H48FN9O7/c1-22(2)17-27-35(50)42-31(24(4)48)36(51)39-12-6-7-13-45(37(52)32-33(38)47-16-11-23(3)18-30(47)41-32)14-8-15-46-20-26(43-44-46)21-54-29-19-25(34(49)40-27)9-10-28(29)53-5/h9-11,16,18-20,22,24,27,31,48H,6-8,12-15,17,21H2,1-5H3,(H,39,51)(H,40,49)(H,42,50)/t24-,27-,31+/m1/s1. The summed E-state index contributed by atoms with van der Waals surface area (Å²) in [5.74, 6) is -2.49. The van der Waals surface area contributed by atoms with E-state index in [4.69, 9.17) is 9.47 Å². The van der Waals surface area contributed by atoms with Crippen molar-refractivity contribution >= 4 is 29.3 Å². The lowest BCUT2D eigenvalue weighted by molar-refractivity contribution is -0.132. The highest BCUT2D eigenvalue weighted by molar-refractivity contribution is 5.99. The summed E-state index contributed by atoms with van der Waals surface area (Å²) in [6.07, 6.45) is 3.59. The number of halogens is 1. The summed E-state index contributed by atoms with van der Waals surface area (Å²) in [6, 6.07) is 5.70. The zero-order valence-electron chi connectivity index (χ0n) is 31.2. The number of pyridine rings is 1. The molecule has 4 heterocycles. The van der Waals surface area contributed by atoms with Gasteiger partial charge < -0.3 is 35.4 Å². The maximum absolute atomic E-state index is 15.4. The lowest BCUT2D eigenvalue weighted by Crippen LogP contribution is -2.57. The van der Waals surface area contributed by atoms with Crippen molar-refractivity contribution in [1.82, 2.24) is 45.2 Å². The molecular weight excluding hydrogens is 701 g/mol. The number of imidazole rings is 1. The van der Waals surface area contributed by atoms with Crippen LogP contribution in [0.3, 0.4) is 0 Å². The number of benzene rings is 1. The second-order valence-corrected chi connectivity index (χ2v) is 13.8. The molecule has 1 aliphatic heterocycles. The average molecular weight is 750 g/mol. The van der Waals surface area contributed by atoms with Gasteiger partial charge in [-0.15, -0.1) is 5.10 Å². The Morgan fingerprint density at radius 1 is 1.06 bits per heavy atom. The molecule has 0 radical (unpaired) electrons.